The summed E-state index contributed by atoms with van der Waals surface area (Å²) >= 11 is 0. The largest absolute Gasteiger partial charge is 0.674 e. The van der Waals surface area contributed by atoms with Crippen LogP contribution in [0, 0.1) is 0 Å². The van der Waals surface area contributed by atoms with Crippen molar-refractivity contribution in [2.45, 2.75) is 0 Å². The van der Waals surface area contributed by atoms with Crippen molar-refractivity contribution in [2.75, 3.05) is 0 Å². The normalized spacial score (nSPS) is 5.40. The zero-order valence-corrected chi connectivity index (χ0v) is 2.35. The summed E-state index contributed by atoms with van der Waals surface area (Å²) in [5.41, 5.74) is 0. The molecule has 0 aromatic heterocycles. The highest BCUT2D eigenvalue weighted by Gasteiger charge is 1.97. The molecule has 0 aliphatic heterocycles. The van der Waals surface area contributed by atoms with Crippen LogP contribution in [0.15, 0.2) is 0 Å². The fourth-order valence-corrected chi connectivity index (χ4v) is 0. The molecule has 0 unspecified atom stereocenters. The highest BCUT2D eigenvalue weighted by Crippen LogP contribution is 1.57. The van der Waals surface area contributed by atoms with Crippen molar-refractivity contribution in [2.24, 2.45) is 0 Å². The van der Waals surface area contributed by atoms with E-state index in [-0.39, 0.29) is 5.48 Å². The van der Waals surface area contributed by atoms with Crippen molar-refractivity contribution in [1.29, 1.82) is 0 Å². The van der Waals surface area contributed by atoms with E-state index in [2.05, 4.69) is 0 Å². The maximum Gasteiger partial charge on any atom is 0.674 e. The van der Waals surface area contributed by atoms with Crippen LogP contribution in [0.4, 0.5) is 4.32 Å². The van der Waals surface area contributed by atoms with E-state index in [9.17, 15) is 4.32 Å². The molecule has 0 aliphatic rings. The lowest BCUT2D eigenvalue weighted by Crippen LogP contribution is -1.98. The lowest BCUT2D eigenvalue weighted by molar-refractivity contribution is 0.340. The van der Waals surface area contributed by atoms with Gasteiger partial charge >= 0.3 is 7.40 Å². The summed E-state index contributed by atoms with van der Waals surface area (Å²) in [6, 6.07) is 0. The maximum atomic E-state index is 10.1. The predicted octanol–water partition coefficient (Wildman–Crippen LogP) is -1.90. The van der Waals surface area contributed by atoms with Crippen LogP contribution in [-0.2, 0) is 0 Å². The highest BCUT2D eigenvalue weighted by molar-refractivity contribution is 6.31. The van der Waals surface area contributed by atoms with E-state index in [1.54, 1.807) is 0 Å². The summed E-state index contributed by atoms with van der Waals surface area (Å²) in [6.45, 7) is 0. The molecule has 5 heavy (non-hydrogen) atoms. The molecule has 0 atom stereocenters. The third-order valence-corrected chi connectivity index (χ3v) is 0. The molecule has 5 heteroatoms. The molecular weight excluding hydrogens is 77.8 g/mol. The topological polar surface area (TPSA) is 72.0 Å². The molecule has 0 aliphatic carbocycles. The zero-order chi connectivity index (χ0) is 3.58. The number of hydrogen-bond acceptors (Lipinski definition) is 2. The first kappa shape index (κ1) is 8.86. The predicted molar refractivity (Wildman–Crippen MR) is 14.9 cm³/mol. The molecule has 0 bridgehead atoms. The monoisotopic (exact) mass is 82.0 g/mol. The average molecular weight is 81.8 g/mol. The van der Waals surface area contributed by atoms with Crippen molar-refractivity contribution in [3.05, 3.63) is 0 Å². The first-order valence-electron chi connectivity index (χ1n) is 0.735. The molecule has 0 spiro atoms. The molecule has 4 N–H and O–H groups in total. The van der Waals surface area contributed by atoms with Crippen molar-refractivity contribution in [3.63, 3.8) is 0 Å². The lowest BCUT2D eigenvalue weighted by atomic mass is 10.3. The second-order valence-corrected chi connectivity index (χ2v) is 0.311. The molecule has 0 amide bonds. The molecule has 0 radical (unpaired) electrons. The maximum absolute atomic E-state index is 10.1. The van der Waals surface area contributed by atoms with Crippen molar-refractivity contribution in [3.8, 4) is 0 Å². The number of hydrogen-bond donors (Lipinski definition) is 2. The van der Waals surface area contributed by atoms with E-state index in [0.717, 1.165) is 0 Å². The van der Waals surface area contributed by atoms with Crippen LogP contribution in [0.5, 0.6) is 0 Å². The van der Waals surface area contributed by atoms with Gasteiger partial charge in [-0.1, -0.05) is 0 Å². The van der Waals surface area contributed by atoms with Gasteiger partial charge in [0, 0.05) is 0 Å². The van der Waals surface area contributed by atoms with E-state index in [0.29, 0.717) is 0 Å². The van der Waals surface area contributed by atoms with Gasteiger partial charge in [-0.05, 0) is 0 Å². The van der Waals surface area contributed by atoms with Gasteiger partial charge in [0.1, 0.15) is 0 Å². The summed E-state index contributed by atoms with van der Waals surface area (Å²) in [5.74, 6) is 0. The third kappa shape index (κ3) is 871. The van der Waals surface area contributed by atoms with Gasteiger partial charge in [-0.15, -0.1) is 0 Å². The molecule has 0 fully saturated rings. The van der Waals surface area contributed by atoms with Gasteiger partial charge in [0.15, 0.2) is 0 Å². The summed E-state index contributed by atoms with van der Waals surface area (Å²) in [6.07, 6.45) is 0. The summed E-state index contributed by atoms with van der Waals surface area (Å²) < 4.78 is 10.1. The van der Waals surface area contributed by atoms with Crippen LogP contribution >= 0.6 is 0 Å². The molecule has 32 valence electrons. The van der Waals surface area contributed by atoms with E-state index in [1.807, 2.05) is 0 Å². The van der Waals surface area contributed by atoms with Gasteiger partial charge in [0.05, 0.1) is 0 Å². The number of rotatable bonds is 0. The molecular formula is H4BFO3. The Bertz CT molecular complexity index is 11.6. The molecule has 0 saturated carbocycles. The van der Waals surface area contributed by atoms with Crippen LogP contribution in [0.2, 0.25) is 0 Å². The Morgan fingerprint density at radius 3 is 1.40 bits per heavy atom. The van der Waals surface area contributed by atoms with Crippen LogP contribution in [0.25, 0.3) is 0 Å². The number of halogens is 1. The minimum Gasteiger partial charge on any atom is -0.412 e. The Hall–Kier alpha value is -0.125. The first-order valence-corrected chi connectivity index (χ1v) is 0.735. The smallest absolute Gasteiger partial charge is 0.412 e. The van der Waals surface area contributed by atoms with Gasteiger partial charge < -0.3 is 15.5 Å². The molecule has 0 heterocycles. The second kappa shape index (κ2) is 3.87. The van der Waals surface area contributed by atoms with Crippen LogP contribution in [0.1, 0.15) is 0 Å². The summed E-state index contributed by atoms with van der Waals surface area (Å²) in [5, 5.41) is 13.9. The second-order valence-electron chi connectivity index (χ2n) is 0.311. The van der Waals surface area contributed by atoms with Crippen LogP contribution in [-0.4, -0.2) is 22.9 Å². The Morgan fingerprint density at radius 1 is 1.40 bits per heavy atom. The molecule has 3 nitrogen and oxygen atoms in total. The van der Waals surface area contributed by atoms with Crippen molar-refractivity contribution >= 4 is 7.40 Å². The third-order valence-electron chi connectivity index (χ3n) is 0. The minimum absolute atomic E-state index is 0. The van der Waals surface area contributed by atoms with Gasteiger partial charge in [-0.25, -0.2) is 0 Å². The van der Waals surface area contributed by atoms with Crippen molar-refractivity contribution < 1.29 is 19.8 Å². The molecule has 0 aromatic carbocycles. The highest BCUT2D eigenvalue weighted by atomic mass is 19.1. The Labute approximate surface area is 28.6 Å². The molecule has 0 saturated heterocycles. The van der Waals surface area contributed by atoms with E-state index >= 15 is 0 Å². The Kier molecular flexibility index (Phi) is 6.86. The summed E-state index contributed by atoms with van der Waals surface area (Å²) in [7, 11) is -2.67. The standard InChI is InChI=1S/BFH2O2.H2O/c2-1(3)4;/h3-4H;1H2. The summed E-state index contributed by atoms with van der Waals surface area (Å²) in [4.78, 5) is 0. The Balaban J connectivity index is 0. The van der Waals surface area contributed by atoms with Gasteiger partial charge in [0.2, 0.25) is 0 Å². The fourth-order valence-electron chi connectivity index (χ4n) is 0. The van der Waals surface area contributed by atoms with Gasteiger partial charge in [-0.3, -0.25) is 4.32 Å². The zero-order valence-electron chi connectivity index (χ0n) is 2.35. The quantitative estimate of drug-likeness (QED) is 0.335. The Morgan fingerprint density at radius 2 is 1.40 bits per heavy atom. The van der Waals surface area contributed by atoms with E-state index in [1.165, 1.54) is 0 Å². The van der Waals surface area contributed by atoms with Crippen molar-refractivity contribution in [1.82, 2.24) is 0 Å². The first-order chi connectivity index (χ1) is 1.73. The van der Waals surface area contributed by atoms with Crippen LogP contribution in [0.3, 0.4) is 0 Å². The van der Waals surface area contributed by atoms with Crippen LogP contribution < -0.4 is 0 Å². The fraction of sp³-hybridized carbons (Fsp3) is 0. The average Bonchev–Trinajstić information content (AvgIpc) is 0.811. The van der Waals surface area contributed by atoms with E-state index < -0.39 is 7.40 Å². The van der Waals surface area contributed by atoms with Gasteiger partial charge in [-0.2, -0.15) is 0 Å². The molecule has 0 rings (SSSR count). The molecule has 0 aromatic rings. The minimum atomic E-state index is -2.67. The van der Waals surface area contributed by atoms with E-state index in [4.69, 9.17) is 10.0 Å². The SMILES string of the molecule is O.OB(O)F. The lowest BCUT2D eigenvalue weighted by Gasteiger charge is -1.65. The van der Waals surface area contributed by atoms with Gasteiger partial charge in [0.25, 0.3) is 0 Å².